The van der Waals surface area contributed by atoms with Crippen LogP contribution < -0.4 is 0 Å². The van der Waals surface area contributed by atoms with Crippen molar-refractivity contribution in [3.05, 3.63) is 0 Å². The van der Waals surface area contributed by atoms with Crippen LogP contribution in [-0.4, -0.2) is 37.2 Å². The fourth-order valence-corrected chi connectivity index (χ4v) is 9.20. The van der Waals surface area contributed by atoms with Crippen molar-refractivity contribution in [1.29, 1.82) is 0 Å². The molecular weight excluding hydrogens is 817 g/mol. The number of unbranched alkanes of at least 4 members (excludes halogenated alkanes) is 38. The summed E-state index contributed by atoms with van der Waals surface area (Å²) in [5.41, 5.74) is 0. The SMILES string of the molecule is CCCCCCCCCCCCCCCCCCCC(=O)O[C@@H](COC(=O)CCCCCCCCCCCCCCCCCCCCC(C)C)COC(=O)CCCCCCCCC(C)CC. The van der Waals surface area contributed by atoms with E-state index in [0.717, 1.165) is 69.6 Å². The van der Waals surface area contributed by atoms with E-state index in [2.05, 4.69) is 34.6 Å². The molecule has 0 radical (unpaired) electrons. The van der Waals surface area contributed by atoms with Gasteiger partial charge in [-0.25, -0.2) is 0 Å². The van der Waals surface area contributed by atoms with Gasteiger partial charge in [-0.3, -0.25) is 14.4 Å². The van der Waals surface area contributed by atoms with Crippen LogP contribution in [0.25, 0.3) is 0 Å². The number of ether oxygens (including phenoxy) is 3. The molecule has 6 heteroatoms. The molecule has 0 saturated carbocycles. The molecule has 0 aromatic carbocycles. The Bertz CT molecular complexity index is 1010. The molecule has 0 saturated heterocycles. The fourth-order valence-electron chi connectivity index (χ4n) is 9.20. The third-order valence-electron chi connectivity index (χ3n) is 14.1. The molecular formula is C60H116O6. The second kappa shape index (κ2) is 52.8. The van der Waals surface area contributed by atoms with Crippen LogP contribution in [0.5, 0.6) is 0 Å². The third-order valence-corrected chi connectivity index (χ3v) is 14.1. The van der Waals surface area contributed by atoms with Gasteiger partial charge >= 0.3 is 17.9 Å². The minimum Gasteiger partial charge on any atom is -0.462 e. The van der Waals surface area contributed by atoms with Gasteiger partial charge in [0, 0.05) is 19.3 Å². The van der Waals surface area contributed by atoms with Crippen molar-refractivity contribution in [2.45, 2.75) is 343 Å². The van der Waals surface area contributed by atoms with Gasteiger partial charge in [-0.05, 0) is 31.1 Å². The van der Waals surface area contributed by atoms with Crippen LogP contribution in [0.1, 0.15) is 336 Å². The van der Waals surface area contributed by atoms with Crippen molar-refractivity contribution in [3.63, 3.8) is 0 Å². The molecule has 6 nitrogen and oxygen atoms in total. The Balaban J connectivity index is 4.21. The van der Waals surface area contributed by atoms with Crippen LogP contribution in [0.3, 0.4) is 0 Å². The molecule has 0 amide bonds. The highest BCUT2D eigenvalue weighted by Gasteiger charge is 2.19. The Morgan fingerprint density at radius 2 is 0.576 bits per heavy atom. The minimum absolute atomic E-state index is 0.0633. The number of esters is 3. The van der Waals surface area contributed by atoms with Crippen molar-refractivity contribution in [3.8, 4) is 0 Å². The van der Waals surface area contributed by atoms with Crippen molar-refractivity contribution in [2.24, 2.45) is 11.8 Å². The molecule has 0 heterocycles. The molecule has 0 rings (SSSR count). The lowest BCUT2D eigenvalue weighted by molar-refractivity contribution is -0.167. The highest BCUT2D eigenvalue weighted by atomic mass is 16.6. The summed E-state index contributed by atoms with van der Waals surface area (Å²) in [4.78, 5) is 38.1. The lowest BCUT2D eigenvalue weighted by atomic mass is 10.00. The molecule has 0 aliphatic heterocycles. The van der Waals surface area contributed by atoms with E-state index in [1.54, 1.807) is 0 Å². The topological polar surface area (TPSA) is 78.9 Å². The highest BCUT2D eigenvalue weighted by molar-refractivity contribution is 5.71. The molecule has 66 heavy (non-hydrogen) atoms. The number of carbonyl (C=O) groups excluding carboxylic acids is 3. The molecule has 0 N–H and O–H groups in total. The Labute approximate surface area is 412 Å². The van der Waals surface area contributed by atoms with Crippen molar-refractivity contribution >= 4 is 17.9 Å². The first kappa shape index (κ1) is 64.4. The summed E-state index contributed by atoms with van der Waals surface area (Å²) >= 11 is 0. The van der Waals surface area contributed by atoms with Crippen molar-refractivity contribution in [1.82, 2.24) is 0 Å². The summed E-state index contributed by atoms with van der Waals surface area (Å²) in [5.74, 6) is 0.832. The van der Waals surface area contributed by atoms with Gasteiger partial charge in [0.05, 0.1) is 0 Å². The average molecular weight is 934 g/mol. The Morgan fingerprint density at radius 1 is 0.318 bits per heavy atom. The van der Waals surface area contributed by atoms with Gasteiger partial charge in [-0.1, -0.05) is 298 Å². The van der Waals surface area contributed by atoms with Crippen LogP contribution in [0, 0.1) is 11.8 Å². The van der Waals surface area contributed by atoms with Gasteiger partial charge in [0.25, 0.3) is 0 Å². The number of carbonyl (C=O) groups is 3. The lowest BCUT2D eigenvalue weighted by Crippen LogP contribution is -2.30. The van der Waals surface area contributed by atoms with E-state index in [1.807, 2.05) is 0 Å². The van der Waals surface area contributed by atoms with Gasteiger partial charge in [-0.2, -0.15) is 0 Å². The molecule has 0 aliphatic carbocycles. The smallest absolute Gasteiger partial charge is 0.306 e. The summed E-state index contributed by atoms with van der Waals surface area (Å²) in [6.45, 7) is 11.4. The summed E-state index contributed by atoms with van der Waals surface area (Å²) in [7, 11) is 0. The van der Waals surface area contributed by atoms with Gasteiger partial charge in [0.15, 0.2) is 6.10 Å². The summed E-state index contributed by atoms with van der Waals surface area (Å²) in [6, 6.07) is 0. The van der Waals surface area contributed by atoms with E-state index >= 15 is 0 Å². The fraction of sp³-hybridized carbons (Fsp3) is 0.950. The molecule has 0 bridgehead atoms. The Kier molecular flexibility index (Phi) is 51.5. The lowest BCUT2D eigenvalue weighted by Gasteiger charge is -2.18. The van der Waals surface area contributed by atoms with Crippen molar-refractivity contribution < 1.29 is 28.6 Å². The van der Waals surface area contributed by atoms with Crippen molar-refractivity contribution in [2.75, 3.05) is 13.2 Å². The maximum absolute atomic E-state index is 12.8. The zero-order valence-corrected chi connectivity index (χ0v) is 45.3. The molecule has 0 spiro atoms. The van der Waals surface area contributed by atoms with Crippen LogP contribution >= 0.6 is 0 Å². The van der Waals surface area contributed by atoms with Crippen LogP contribution in [0.15, 0.2) is 0 Å². The predicted octanol–water partition coefficient (Wildman–Crippen LogP) is 19.7. The largest absolute Gasteiger partial charge is 0.462 e. The first-order valence-corrected chi connectivity index (χ1v) is 29.8. The van der Waals surface area contributed by atoms with Gasteiger partial charge in [0.1, 0.15) is 13.2 Å². The minimum atomic E-state index is -0.763. The van der Waals surface area contributed by atoms with E-state index in [9.17, 15) is 14.4 Å². The quantitative estimate of drug-likeness (QED) is 0.0343. The van der Waals surface area contributed by atoms with E-state index in [4.69, 9.17) is 14.2 Å². The van der Waals surface area contributed by atoms with Gasteiger partial charge in [0.2, 0.25) is 0 Å². The first-order chi connectivity index (χ1) is 32.3. The molecule has 0 fully saturated rings. The molecule has 0 aromatic rings. The molecule has 0 aliphatic rings. The first-order valence-electron chi connectivity index (χ1n) is 29.8. The van der Waals surface area contributed by atoms with E-state index in [0.29, 0.717) is 19.3 Å². The average Bonchev–Trinajstić information content (AvgIpc) is 3.30. The predicted molar refractivity (Wildman–Crippen MR) is 284 cm³/mol. The summed E-state index contributed by atoms with van der Waals surface area (Å²) < 4.78 is 16.9. The maximum atomic E-state index is 12.8. The highest BCUT2D eigenvalue weighted by Crippen LogP contribution is 2.19. The van der Waals surface area contributed by atoms with Crippen LogP contribution in [0.2, 0.25) is 0 Å². The summed E-state index contributed by atoms with van der Waals surface area (Å²) in [6.07, 6.45) is 56.8. The van der Waals surface area contributed by atoms with Crippen LogP contribution in [-0.2, 0) is 28.6 Å². The zero-order chi connectivity index (χ0) is 48.2. The normalized spacial score (nSPS) is 12.5. The molecule has 1 unspecified atom stereocenters. The standard InChI is InChI=1S/C60H116O6/c1-6-8-9-10-11-12-13-14-15-18-23-26-29-32-35-42-47-52-60(63)66-57(54-65-59(62)51-46-41-37-36-39-44-49-56(5)7-2)53-64-58(61)50-45-40-34-31-28-25-22-20-17-16-19-21-24-27-30-33-38-43-48-55(3)4/h55-57H,6-54H2,1-5H3/t56?,57-/m0/s1. The van der Waals surface area contributed by atoms with Gasteiger partial charge in [-0.15, -0.1) is 0 Å². The molecule has 2 atom stereocenters. The second-order valence-corrected chi connectivity index (χ2v) is 21.4. The molecule has 392 valence electrons. The maximum Gasteiger partial charge on any atom is 0.306 e. The number of hydrogen-bond acceptors (Lipinski definition) is 6. The monoisotopic (exact) mass is 933 g/mol. The second-order valence-electron chi connectivity index (χ2n) is 21.4. The number of rotatable bonds is 54. The van der Waals surface area contributed by atoms with E-state index in [1.165, 1.54) is 225 Å². The zero-order valence-electron chi connectivity index (χ0n) is 45.3. The summed E-state index contributed by atoms with van der Waals surface area (Å²) in [5, 5.41) is 0. The van der Waals surface area contributed by atoms with Crippen LogP contribution in [0.4, 0.5) is 0 Å². The van der Waals surface area contributed by atoms with Gasteiger partial charge < -0.3 is 14.2 Å². The Morgan fingerprint density at radius 3 is 0.864 bits per heavy atom. The molecule has 0 aromatic heterocycles. The van der Waals surface area contributed by atoms with E-state index < -0.39 is 6.10 Å². The third kappa shape index (κ3) is 51.8. The number of hydrogen-bond donors (Lipinski definition) is 0. The van der Waals surface area contributed by atoms with E-state index in [-0.39, 0.29) is 31.1 Å². The Hall–Kier alpha value is -1.59.